The Morgan fingerprint density at radius 2 is 1.88 bits per heavy atom. The van der Waals surface area contributed by atoms with Gasteiger partial charge in [-0.15, -0.1) is 0 Å². The lowest BCUT2D eigenvalue weighted by Crippen LogP contribution is -2.40. The number of carbonyl (C=O) groups is 2. The number of rotatable bonds is 12. The van der Waals surface area contributed by atoms with Crippen LogP contribution in [0.25, 0.3) is 23.0 Å². The first kappa shape index (κ1) is 31.6. The van der Waals surface area contributed by atoms with Crippen molar-refractivity contribution in [1.82, 2.24) is 19.4 Å². The average Bonchev–Trinajstić information content (AvgIpc) is 3.46. The zero-order valence-corrected chi connectivity index (χ0v) is 25.0. The summed E-state index contributed by atoms with van der Waals surface area (Å²) in [7, 11) is -2.29. The Morgan fingerprint density at radius 1 is 1.14 bits per heavy atom. The quantitative estimate of drug-likeness (QED) is 0.143. The molecule has 2 aromatic carbocycles. The van der Waals surface area contributed by atoms with E-state index in [1.807, 2.05) is 36.4 Å². The monoisotopic (exact) mass is 605 g/mol. The summed E-state index contributed by atoms with van der Waals surface area (Å²) in [5.74, 6) is -1.14. The summed E-state index contributed by atoms with van der Waals surface area (Å²) < 4.78 is 40.3. The van der Waals surface area contributed by atoms with Crippen molar-refractivity contribution >= 4 is 28.0 Å². The van der Waals surface area contributed by atoms with Crippen LogP contribution in [0, 0.1) is 17.2 Å². The molecule has 226 valence electrons. The predicted octanol–water partition coefficient (Wildman–Crippen LogP) is 3.56. The van der Waals surface area contributed by atoms with Gasteiger partial charge in [-0.3, -0.25) is 9.59 Å². The maximum absolute atomic E-state index is 13.6. The SMILES string of the molecule is CCOC(=O)C1CCN(S(=O)(=O)c2cccc(-c3nn(-c4ccccc4)cc3C=C(C#N)C(=O)NCCCOC)c2)CC1. The first-order valence-electron chi connectivity index (χ1n) is 14.1. The summed E-state index contributed by atoms with van der Waals surface area (Å²) in [6, 6.07) is 17.7. The second-order valence-electron chi connectivity index (χ2n) is 9.94. The van der Waals surface area contributed by atoms with Crippen molar-refractivity contribution < 1.29 is 27.5 Å². The molecule has 43 heavy (non-hydrogen) atoms. The topological polar surface area (TPSA) is 144 Å². The van der Waals surface area contributed by atoms with Crippen LogP contribution in [0.2, 0.25) is 0 Å². The molecule has 1 saturated heterocycles. The van der Waals surface area contributed by atoms with E-state index in [1.54, 1.807) is 43.1 Å². The zero-order chi connectivity index (χ0) is 30.8. The number of piperidine rings is 1. The third-order valence-corrected chi connectivity index (χ3v) is 8.95. The zero-order valence-electron chi connectivity index (χ0n) is 24.2. The fourth-order valence-corrected chi connectivity index (χ4v) is 6.31. The van der Waals surface area contributed by atoms with E-state index in [1.165, 1.54) is 16.4 Å². The largest absolute Gasteiger partial charge is 0.466 e. The maximum Gasteiger partial charge on any atom is 0.309 e. The van der Waals surface area contributed by atoms with Crippen LogP contribution in [-0.2, 0) is 29.1 Å². The Morgan fingerprint density at radius 3 is 2.56 bits per heavy atom. The number of aromatic nitrogens is 2. The van der Waals surface area contributed by atoms with E-state index in [-0.39, 0.29) is 42.1 Å². The molecule has 1 fully saturated rings. The number of ether oxygens (including phenoxy) is 2. The highest BCUT2D eigenvalue weighted by Crippen LogP contribution is 2.30. The summed E-state index contributed by atoms with van der Waals surface area (Å²) in [6.45, 7) is 3.27. The van der Waals surface area contributed by atoms with Crippen LogP contribution in [0.1, 0.15) is 31.7 Å². The predicted molar refractivity (Wildman–Crippen MR) is 160 cm³/mol. The number of carbonyl (C=O) groups excluding carboxylic acids is 2. The normalized spacial score (nSPS) is 14.7. The van der Waals surface area contributed by atoms with Gasteiger partial charge in [-0.2, -0.15) is 14.7 Å². The molecule has 2 heterocycles. The molecule has 0 radical (unpaired) electrons. The van der Waals surface area contributed by atoms with Crippen molar-refractivity contribution in [3.8, 4) is 23.0 Å². The van der Waals surface area contributed by atoms with Gasteiger partial charge in [0.15, 0.2) is 0 Å². The van der Waals surface area contributed by atoms with Crippen LogP contribution in [0.5, 0.6) is 0 Å². The molecule has 0 saturated carbocycles. The van der Waals surface area contributed by atoms with Gasteiger partial charge in [-0.25, -0.2) is 13.1 Å². The molecule has 0 bridgehead atoms. The average molecular weight is 606 g/mol. The molecule has 0 aliphatic carbocycles. The number of hydrogen-bond acceptors (Lipinski definition) is 8. The number of nitriles is 1. The number of sulfonamides is 1. The minimum Gasteiger partial charge on any atom is -0.466 e. The third-order valence-electron chi connectivity index (χ3n) is 7.06. The minimum absolute atomic E-state index is 0.0835. The van der Waals surface area contributed by atoms with Crippen LogP contribution < -0.4 is 5.32 Å². The van der Waals surface area contributed by atoms with E-state index in [0.717, 1.165) is 5.69 Å². The Kier molecular flexibility index (Phi) is 10.8. The molecule has 1 aromatic heterocycles. The lowest BCUT2D eigenvalue weighted by atomic mass is 9.98. The smallest absolute Gasteiger partial charge is 0.309 e. The van der Waals surface area contributed by atoms with Crippen molar-refractivity contribution in [3.63, 3.8) is 0 Å². The molecule has 1 aliphatic rings. The van der Waals surface area contributed by atoms with Crippen molar-refractivity contribution in [1.29, 1.82) is 5.26 Å². The van der Waals surface area contributed by atoms with Crippen molar-refractivity contribution in [2.24, 2.45) is 5.92 Å². The Balaban J connectivity index is 1.66. The molecule has 0 atom stereocenters. The van der Waals surface area contributed by atoms with Crippen molar-refractivity contribution in [2.45, 2.75) is 31.1 Å². The third kappa shape index (κ3) is 7.75. The molecule has 1 aliphatic heterocycles. The minimum atomic E-state index is -3.86. The van der Waals surface area contributed by atoms with E-state index in [0.29, 0.717) is 49.2 Å². The molecule has 1 N–H and O–H groups in total. The molecule has 4 rings (SSSR count). The molecule has 1 amide bonds. The van der Waals surface area contributed by atoms with Gasteiger partial charge in [-0.05, 0) is 56.5 Å². The van der Waals surface area contributed by atoms with E-state index in [2.05, 4.69) is 5.32 Å². The lowest BCUT2D eigenvalue weighted by Gasteiger charge is -2.30. The summed E-state index contributed by atoms with van der Waals surface area (Å²) in [4.78, 5) is 25.0. The van der Waals surface area contributed by atoms with E-state index in [9.17, 15) is 23.3 Å². The van der Waals surface area contributed by atoms with Gasteiger partial charge >= 0.3 is 5.97 Å². The molecule has 0 unspecified atom stereocenters. The van der Waals surface area contributed by atoms with Crippen LogP contribution in [0.15, 0.2) is 71.3 Å². The number of nitrogens with zero attached hydrogens (tertiary/aromatic N) is 4. The lowest BCUT2D eigenvalue weighted by molar-refractivity contribution is -0.149. The van der Waals surface area contributed by atoms with Crippen LogP contribution in [0.4, 0.5) is 0 Å². The number of amides is 1. The highest BCUT2D eigenvalue weighted by molar-refractivity contribution is 7.89. The fraction of sp³-hybridized carbons (Fsp3) is 0.355. The molecule has 0 spiro atoms. The van der Waals surface area contributed by atoms with E-state index in [4.69, 9.17) is 14.6 Å². The summed E-state index contributed by atoms with van der Waals surface area (Å²) in [5.41, 5.74) is 2.01. The number of para-hydroxylation sites is 1. The van der Waals surface area contributed by atoms with Gasteiger partial charge in [0, 0.05) is 50.7 Å². The fourth-order valence-electron chi connectivity index (χ4n) is 4.79. The molecule has 12 heteroatoms. The number of benzene rings is 2. The summed E-state index contributed by atoms with van der Waals surface area (Å²) in [5, 5.41) is 17.2. The van der Waals surface area contributed by atoms with Gasteiger partial charge in [0.05, 0.1) is 23.1 Å². The first-order chi connectivity index (χ1) is 20.8. The van der Waals surface area contributed by atoms with Crippen LogP contribution >= 0.6 is 0 Å². The standard InChI is InChI=1S/C31H35N5O6S/c1-3-42-31(38)23-13-16-35(17-14-23)43(39,40)28-12-7-9-24(20-28)29-26(22-36(34-29)27-10-5-4-6-11-27)19-25(21-32)30(37)33-15-8-18-41-2/h4-7,9-12,19-20,22-23H,3,8,13-18H2,1-2H3,(H,33,37). The number of methoxy groups -OCH3 is 1. The molecular formula is C31H35N5O6S. The van der Waals surface area contributed by atoms with Gasteiger partial charge in [0.1, 0.15) is 17.3 Å². The first-order valence-corrected chi connectivity index (χ1v) is 15.5. The molecule has 3 aromatic rings. The second-order valence-corrected chi connectivity index (χ2v) is 11.9. The summed E-state index contributed by atoms with van der Waals surface area (Å²) in [6.07, 6.45) is 4.52. The summed E-state index contributed by atoms with van der Waals surface area (Å²) >= 11 is 0. The van der Waals surface area contributed by atoms with Gasteiger partial charge in [0.25, 0.3) is 5.91 Å². The van der Waals surface area contributed by atoms with Crippen LogP contribution in [0.3, 0.4) is 0 Å². The Labute approximate surface area is 251 Å². The Bertz CT molecular complexity index is 1600. The molecular weight excluding hydrogens is 570 g/mol. The van der Waals surface area contributed by atoms with Crippen molar-refractivity contribution in [3.05, 3.63) is 71.9 Å². The molecule has 11 nitrogen and oxygen atoms in total. The van der Waals surface area contributed by atoms with Crippen molar-refractivity contribution in [2.75, 3.05) is 40.0 Å². The number of nitrogens with one attached hydrogen (secondary N) is 1. The maximum atomic E-state index is 13.6. The van der Waals surface area contributed by atoms with E-state index >= 15 is 0 Å². The number of esters is 1. The van der Waals surface area contributed by atoms with Gasteiger partial charge < -0.3 is 14.8 Å². The highest BCUT2D eigenvalue weighted by atomic mass is 32.2. The van der Waals surface area contributed by atoms with E-state index < -0.39 is 15.9 Å². The number of hydrogen-bond donors (Lipinski definition) is 1. The second kappa shape index (κ2) is 14.7. The van der Waals surface area contributed by atoms with Gasteiger partial charge in [0.2, 0.25) is 10.0 Å². The van der Waals surface area contributed by atoms with Gasteiger partial charge in [-0.1, -0.05) is 30.3 Å². The van der Waals surface area contributed by atoms with Crippen LogP contribution in [-0.4, -0.2) is 74.3 Å². The Hall–Kier alpha value is -4.31. The highest BCUT2D eigenvalue weighted by Gasteiger charge is 2.33.